The van der Waals surface area contributed by atoms with Crippen LogP contribution >= 0.6 is 0 Å². The summed E-state index contributed by atoms with van der Waals surface area (Å²) < 4.78 is 11.2. The number of unbranched alkanes of at least 4 members (excludes halogenated alkanes) is 1. The molecule has 0 aromatic heterocycles. The molecule has 2 nitrogen and oxygen atoms in total. The summed E-state index contributed by atoms with van der Waals surface area (Å²) in [6.07, 6.45) is 14.1. The number of allylic oxidation sites excluding steroid dienone is 1. The van der Waals surface area contributed by atoms with E-state index in [0.717, 1.165) is 38.2 Å². The monoisotopic (exact) mass is 346 g/mol. The third-order valence-electron chi connectivity index (χ3n) is 4.34. The van der Waals surface area contributed by atoms with Gasteiger partial charge >= 0.3 is 0 Å². The molecule has 0 amide bonds. The second kappa shape index (κ2) is 13.9. The average molecular weight is 347 g/mol. The molecule has 2 rings (SSSR count). The lowest BCUT2D eigenvalue weighted by Crippen LogP contribution is -2.21. The van der Waals surface area contributed by atoms with E-state index in [9.17, 15) is 0 Å². The number of hydrogen-bond donors (Lipinski definition) is 0. The summed E-state index contributed by atoms with van der Waals surface area (Å²) in [5.74, 6) is 1.14. The Morgan fingerprint density at radius 2 is 1.92 bits per heavy atom. The van der Waals surface area contributed by atoms with Gasteiger partial charge in [-0.05, 0) is 55.7 Å². The standard InChI is InChI=1S/C14H20O.C9H18O/c1-3-5-11-6-7-12-8-9-13(4-2)15-14(12)10-11;1-3-5-6-7-9-10-8-4-2/h6-7,10,13H,3-5,8-9H2,1-2H3;6-7H,3-5,8-9H2,1-2H3. The van der Waals surface area contributed by atoms with Gasteiger partial charge in [0, 0.05) is 6.61 Å². The van der Waals surface area contributed by atoms with Gasteiger partial charge in [-0.3, -0.25) is 0 Å². The highest BCUT2D eigenvalue weighted by Gasteiger charge is 2.17. The number of rotatable bonds is 9. The second-order valence-electron chi connectivity index (χ2n) is 6.71. The van der Waals surface area contributed by atoms with Crippen LogP contribution in [0.2, 0.25) is 0 Å². The van der Waals surface area contributed by atoms with Crippen LogP contribution in [-0.4, -0.2) is 19.3 Å². The van der Waals surface area contributed by atoms with E-state index < -0.39 is 0 Å². The molecule has 0 aliphatic carbocycles. The zero-order valence-electron chi connectivity index (χ0n) is 16.9. The van der Waals surface area contributed by atoms with Crippen LogP contribution in [0.4, 0.5) is 0 Å². The Balaban J connectivity index is 0.000000275. The van der Waals surface area contributed by atoms with Crippen LogP contribution in [0.3, 0.4) is 0 Å². The summed E-state index contributed by atoms with van der Waals surface area (Å²) in [7, 11) is 0. The molecule has 1 unspecified atom stereocenters. The molecule has 0 spiro atoms. The Labute approximate surface area is 155 Å². The fourth-order valence-electron chi connectivity index (χ4n) is 2.85. The number of fused-ring (bicyclic) bond motifs is 1. The van der Waals surface area contributed by atoms with Crippen molar-refractivity contribution in [1.82, 2.24) is 0 Å². The van der Waals surface area contributed by atoms with Crippen molar-refractivity contribution in [3.05, 3.63) is 41.5 Å². The number of hydrogen-bond acceptors (Lipinski definition) is 2. The van der Waals surface area contributed by atoms with E-state index in [-0.39, 0.29) is 0 Å². The van der Waals surface area contributed by atoms with Gasteiger partial charge in [-0.25, -0.2) is 0 Å². The second-order valence-corrected chi connectivity index (χ2v) is 6.71. The lowest BCUT2D eigenvalue weighted by Gasteiger charge is -2.25. The Morgan fingerprint density at radius 1 is 1.08 bits per heavy atom. The van der Waals surface area contributed by atoms with Gasteiger partial charge in [-0.15, -0.1) is 0 Å². The van der Waals surface area contributed by atoms with Crippen molar-refractivity contribution in [1.29, 1.82) is 0 Å². The molecule has 1 aromatic carbocycles. The highest BCUT2D eigenvalue weighted by atomic mass is 16.5. The van der Waals surface area contributed by atoms with E-state index in [1.807, 2.05) is 0 Å². The van der Waals surface area contributed by atoms with E-state index in [1.165, 1.54) is 43.2 Å². The summed E-state index contributed by atoms with van der Waals surface area (Å²) in [5.41, 5.74) is 2.80. The molecule has 1 aliphatic heterocycles. The Kier molecular flexibility index (Phi) is 12.1. The minimum atomic E-state index is 0.439. The molecule has 2 heteroatoms. The van der Waals surface area contributed by atoms with Gasteiger partial charge in [0.15, 0.2) is 0 Å². The lowest BCUT2D eigenvalue weighted by molar-refractivity contribution is 0.163. The summed E-state index contributed by atoms with van der Waals surface area (Å²) in [6, 6.07) is 6.73. The first-order chi connectivity index (χ1) is 12.2. The van der Waals surface area contributed by atoms with Gasteiger partial charge in [0.05, 0.1) is 12.7 Å². The topological polar surface area (TPSA) is 18.5 Å². The van der Waals surface area contributed by atoms with Gasteiger partial charge < -0.3 is 9.47 Å². The molecule has 25 heavy (non-hydrogen) atoms. The Bertz CT molecular complexity index is 479. The minimum Gasteiger partial charge on any atom is -0.490 e. The molecular formula is C23H38O2. The maximum atomic E-state index is 5.97. The normalized spacial score (nSPS) is 16.1. The smallest absolute Gasteiger partial charge is 0.123 e. The first kappa shape index (κ1) is 21.8. The first-order valence-electron chi connectivity index (χ1n) is 10.3. The molecule has 0 saturated heterocycles. The molecule has 1 aromatic rings. The fourth-order valence-corrected chi connectivity index (χ4v) is 2.85. The molecule has 0 fully saturated rings. The SMILES string of the molecule is CCCC=CCOCCC.CCCc1ccc2c(c1)OC(CC)CC2. The van der Waals surface area contributed by atoms with Crippen LogP contribution in [0.5, 0.6) is 5.75 Å². The van der Waals surface area contributed by atoms with E-state index in [2.05, 4.69) is 58.0 Å². The summed E-state index contributed by atoms with van der Waals surface area (Å²) >= 11 is 0. The van der Waals surface area contributed by atoms with E-state index in [4.69, 9.17) is 9.47 Å². The zero-order valence-corrected chi connectivity index (χ0v) is 16.9. The number of ether oxygens (including phenoxy) is 2. The van der Waals surface area contributed by atoms with Crippen LogP contribution in [0.1, 0.15) is 77.3 Å². The van der Waals surface area contributed by atoms with Crippen molar-refractivity contribution in [3.63, 3.8) is 0 Å². The van der Waals surface area contributed by atoms with Crippen LogP contribution in [-0.2, 0) is 17.6 Å². The molecule has 0 saturated carbocycles. The Hall–Kier alpha value is -1.28. The minimum absolute atomic E-state index is 0.439. The predicted molar refractivity (Wildman–Crippen MR) is 109 cm³/mol. The summed E-state index contributed by atoms with van der Waals surface area (Å²) in [6.45, 7) is 10.4. The molecule has 0 radical (unpaired) electrons. The highest BCUT2D eigenvalue weighted by Crippen LogP contribution is 2.29. The molecule has 1 heterocycles. The molecule has 1 aliphatic rings. The van der Waals surface area contributed by atoms with Gasteiger partial charge in [-0.1, -0.05) is 64.8 Å². The third-order valence-corrected chi connectivity index (χ3v) is 4.34. The fraction of sp³-hybridized carbons (Fsp3) is 0.652. The Morgan fingerprint density at radius 3 is 2.60 bits per heavy atom. The molecule has 1 atom stereocenters. The van der Waals surface area contributed by atoms with Crippen molar-refractivity contribution in [2.45, 2.75) is 85.2 Å². The van der Waals surface area contributed by atoms with E-state index >= 15 is 0 Å². The highest BCUT2D eigenvalue weighted by molar-refractivity contribution is 5.39. The van der Waals surface area contributed by atoms with Crippen molar-refractivity contribution in [3.8, 4) is 5.75 Å². The van der Waals surface area contributed by atoms with Gasteiger partial charge in [0.25, 0.3) is 0 Å². The first-order valence-corrected chi connectivity index (χ1v) is 10.3. The summed E-state index contributed by atoms with van der Waals surface area (Å²) in [4.78, 5) is 0. The van der Waals surface area contributed by atoms with Crippen LogP contribution in [0.25, 0.3) is 0 Å². The molecule has 0 bridgehead atoms. The third kappa shape index (κ3) is 9.11. The molecule has 142 valence electrons. The van der Waals surface area contributed by atoms with E-state index in [0.29, 0.717) is 6.10 Å². The van der Waals surface area contributed by atoms with Gasteiger partial charge in [0.2, 0.25) is 0 Å². The lowest BCUT2D eigenvalue weighted by atomic mass is 9.98. The maximum absolute atomic E-state index is 5.97. The zero-order chi connectivity index (χ0) is 18.3. The average Bonchev–Trinajstić information content (AvgIpc) is 2.65. The van der Waals surface area contributed by atoms with Crippen LogP contribution in [0.15, 0.2) is 30.4 Å². The molecular weight excluding hydrogens is 308 g/mol. The quantitative estimate of drug-likeness (QED) is 0.375. The molecule has 0 N–H and O–H groups in total. The number of aryl methyl sites for hydroxylation is 2. The van der Waals surface area contributed by atoms with Gasteiger partial charge in [-0.2, -0.15) is 0 Å². The number of benzene rings is 1. The van der Waals surface area contributed by atoms with Crippen molar-refractivity contribution < 1.29 is 9.47 Å². The maximum Gasteiger partial charge on any atom is 0.123 e. The van der Waals surface area contributed by atoms with Gasteiger partial charge in [0.1, 0.15) is 5.75 Å². The van der Waals surface area contributed by atoms with Crippen LogP contribution < -0.4 is 4.74 Å². The predicted octanol–water partition coefficient (Wildman–Crippen LogP) is 6.51. The van der Waals surface area contributed by atoms with Crippen LogP contribution in [0, 0.1) is 0 Å². The summed E-state index contributed by atoms with van der Waals surface area (Å²) in [5, 5.41) is 0. The van der Waals surface area contributed by atoms with Crippen molar-refractivity contribution in [2.24, 2.45) is 0 Å². The van der Waals surface area contributed by atoms with Crippen molar-refractivity contribution in [2.75, 3.05) is 13.2 Å². The largest absolute Gasteiger partial charge is 0.490 e. The van der Waals surface area contributed by atoms with Crippen molar-refractivity contribution >= 4 is 0 Å². The van der Waals surface area contributed by atoms with E-state index in [1.54, 1.807) is 0 Å².